The maximum atomic E-state index is 12.5. The maximum absolute atomic E-state index is 12.5. The minimum absolute atomic E-state index is 0.154. The molecule has 0 aliphatic carbocycles. The first kappa shape index (κ1) is 15.7. The molecule has 3 aromatic rings. The average molecular weight is 335 g/mol. The van der Waals surface area contributed by atoms with Gasteiger partial charge in [0.15, 0.2) is 0 Å². The third-order valence-corrected chi connectivity index (χ3v) is 3.60. The van der Waals surface area contributed by atoms with Crippen LogP contribution in [0.1, 0.15) is 5.56 Å². The maximum Gasteiger partial charge on any atom is 0.282 e. The van der Waals surface area contributed by atoms with Gasteiger partial charge in [-0.25, -0.2) is 0 Å². The monoisotopic (exact) mass is 335 g/mol. The van der Waals surface area contributed by atoms with Crippen LogP contribution in [0, 0.1) is 17.1 Å². The van der Waals surface area contributed by atoms with Crippen LogP contribution in [-0.2, 0) is 0 Å². The third-order valence-electron chi connectivity index (χ3n) is 3.33. The lowest BCUT2D eigenvalue weighted by atomic mass is 10.2. The predicted octanol–water partition coefficient (Wildman–Crippen LogP) is 2.95. The van der Waals surface area contributed by atoms with Crippen LogP contribution in [-0.4, -0.2) is 22.5 Å². The summed E-state index contributed by atoms with van der Waals surface area (Å²) < 4.78 is 6.82. The van der Waals surface area contributed by atoms with E-state index in [4.69, 9.17) is 23.4 Å². The molecule has 0 radical (unpaired) electrons. The third kappa shape index (κ3) is 3.12. The minimum atomic E-state index is -0.285. The highest BCUT2D eigenvalue weighted by molar-refractivity contribution is 7.71. The highest BCUT2D eigenvalue weighted by Gasteiger charge is 2.04. The molecule has 0 atom stereocenters. The van der Waals surface area contributed by atoms with E-state index in [1.165, 1.54) is 6.21 Å². The van der Waals surface area contributed by atoms with Crippen molar-refractivity contribution in [1.82, 2.24) is 9.66 Å². The molecule has 0 aliphatic rings. The molecule has 3 rings (SSSR count). The summed E-state index contributed by atoms with van der Waals surface area (Å²) in [6.45, 7) is 0.154. The van der Waals surface area contributed by atoms with E-state index in [0.717, 1.165) is 4.68 Å². The zero-order valence-corrected chi connectivity index (χ0v) is 13.4. The van der Waals surface area contributed by atoms with Crippen molar-refractivity contribution in [2.45, 2.75) is 0 Å². The van der Waals surface area contributed by atoms with Crippen LogP contribution in [0.2, 0.25) is 0 Å². The van der Waals surface area contributed by atoms with Gasteiger partial charge in [0.05, 0.1) is 17.1 Å². The molecule has 0 unspecified atom stereocenters. The molecule has 0 spiro atoms. The van der Waals surface area contributed by atoms with Gasteiger partial charge in [-0.2, -0.15) is 9.78 Å². The van der Waals surface area contributed by atoms with E-state index >= 15 is 0 Å². The molecule has 0 fully saturated rings. The summed E-state index contributed by atoms with van der Waals surface area (Å²) in [5.74, 6) is 3.00. The molecule has 0 saturated heterocycles. The number of nitrogens with zero attached hydrogens (tertiary/aromatic N) is 2. The zero-order chi connectivity index (χ0) is 16.9. The Morgan fingerprint density at radius 3 is 2.83 bits per heavy atom. The summed E-state index contributed by atoms with van der Waals surface area (Å²) in [6, 6.07) is 14.4. The quantitative estimate of drug-likeness (QED) is 0.453. The van der Waals surface area contributed by atoms with Crippen molar-refractivity contribution in [2.75, 3.05) is 6.61 Å². The van der Waals surface area contributed by atoms with Gasteiger partial charge in [0.1, 0.15) is 12.4 Å². The summed E-state index contributed by atoms with van der Waals surface area (Å²) in [4.78, 5) is 15.5. The number of fused-ring (bicyclic) bond motifs is 1. The molecule has 5 nitrogen and oxygen atoms in total. The number of H-pyrrole nitrogens is 1. The Bertz CT molecular complexity index is 1070. The van der Waals surface area contributed by atoms with E-state index in [2.05, 4.69) is 16.0 Å². The SMILES string of the molecule is C#CCOc1ccccc1/C=N\n1c(=S)[nH]c2ccccc2c1=O. The van der Waals surface area contributed by atoms with Crippen LogP contribution >= 0.6 is 12.2 Å². The lowest BCUT2D eigenvalue weighted by molar-refractivity contribution is 0.370. The van der Waals surface area contributed by atoms with Gasteiger partial charge in [-0.1, -0.05) is 30.2 Å². The van der Waals surface area contributed by atoms with Crippen LogP contribution in [0.4, 0.5) is 0 Å². The fourth-order valence-electron chi connectivity index (χ4n) is 2.22. The highest BCUT2D eigenvalue weighted by Crippen LogP contribution is 2.15. The average Bonchev–Trinajstić information content (AvgIpc) is 2.60. The number of para-hydroxylation sites is 2. The molecule has 0 saturated carbocycles. The molecule has 6 heteroatoms. The largest absolute Gasteiger partial charge is 0.480 e. The normalized spacial score (nSPS) is 10.8. The molecular formula is C18H13N3O2S. The van der Waals surface area contributed by atoms with Crippen LogP contribution in [0.5, 0.6) is 5.75 Å². The molecule has 118 valence electrons. The molecule has 2 aromatic carbocycles. The fourth-order valence-corrected chi connectivity index (χ4v) is 2.46. The van der Waals surface area contributed by atoms with Gasteiger partial charge >= 0.3 is 0 Å². The first-order valence-corrected chi connectivity index (χ1v) is 7.55. The van der Waals surface area contributed by atoms with E-state index in [-0.39, 0.29) is 16.9 Å². The Kier molecular flexibility index (Phi) is 4.54. The van der Waals surface area contributed by atoms with Gasteiger partial charge in [0, 0.05) is 5.56 Å². The van der Waals surface area contributed by atoms with Crippen molar-refractivity contribution in [3.8, 4) is 18.1 Å². The number of hydrogen-bond acceptors (Lipinski definition) is 4. The van der Waals surface area contributed by atoms with Crippen molar-refractivity contribution in [1.29, 1.82) is 0 Å². The lowest BCUT2D eigenvalue weighted by Gasteiger charge is -2.06. The van der Waals surface area contributed by atoms with Crippen LogP contribution in [0.15, 0.2) is 58.4 Å². The van der Waals surface area contributed by atoms with Gasteiger partial charge in [0.25, 0.3) is 5.56 Å². The minimum Gasteiger partial charge on any atom is -0.480 e. The molecule has 0 amide bonds. The van der Waals surface area contributed by atoms with Crippen molar-refractivity contribution in [2.24, 2.45) is 5.10 Å². The Balaban J connectivity index is 2.05. The number of rotatable bonds is 4. The van der Waals surface area contributed by atoms with E-state index in [9.17, 15) is 4.79 Å². The Hall–Kier alpha value is -3.17. The molecule has 0 bridgehead atoms. The van der Waals surface area contributed by atoms with E-state index in [0.29, 0.717) is 22.2 Å². The van der Waals surface area contributed by atoms with Gasteiger partial charge in [-0.15, -0.1) is 6.42 Å². The topological polar surface area (TPSA) is 59.4 Å². The summed E-state index contributed by atoms with van der Waals surface area (Å²) in [7, 11) is 0. The van der Waals surface area contributed by atoms with Crippen LogP contribution < -0.4 is 10.3 Å². The number of hydrogen-bond donors (Lipinski definition) is 1. The molecule has 1 heterocycles. The summed E-state index contributed by atoms with van der Waals surface area (Å²) in [5.41, 5.74) is 1.09. The van der Waals surface area contributed by atoms with Crippen LogP contribution in [0.3, 0.4) is 0 Å². The Morgan fingerprint density at radius 1 is 1.25 bits per heavy atom. The van der Waals surface area contributed by atoms with Gasteiger partial charge in [-0.3, -0.25) is 4.79 Å². The molecule has 24 heavy (non-hydrogen) atoms. The highest BCUT2D eigenvalue weighted by atomic mass is 32.1. The summed E-state index contributed by atoms with van der Waals surface area (Å²) >= 11 is 5.22. The number of terminal acetylenes is 1. The standard InChI is InChI=1S/C18H13N3O2S/c1-2-11-23-16-10-6-3-7-13(16)12-19-21-17(22)14-8-4-5-9-15(14)20-18(21)24/h1,3-10,12H,11H2,(H,20,24)/b19-12-. The fraction of sp³-hybridized carbons (Fsp3) is 0.0556. The molecule has 0 aliphatic heterocycles. The van der Waals surface area contributed by atoms with E-state index < -0.39 is 0 Å². The number of nitrogens with one attached hydrogen (secondary N) is 1. The second-order valence-corrected chi connectivity index (χ2v) is 5.25. The summed E-state index contributed by atoms with van der Waals surface area (Å²) in [5, 5.41) is 4.72. The molecular weight excluding hydrogens is 322 g/mol. The Morgan fingerprint density at radius 2 is 2.00 bits per heavy atom. The second kappa shape index (κ2) is 6.94. The summed E-state index contributed by atoms with van der Waals surface area (Å²) in [6.07, 6.45) is 6.73. The first-order chi connectivity index (χ1) is 11.7. The van der Waals surface area contributed by atoms with Crippen molar-refractivity contribution < 1.29 is 4.74 Å². The predicted molar refractivity (Wildman–Crippen MR) is 97.2 cm³/mol. The number of aromatic nitrogens is 2. The molecule has 1 aromatic heterocycles. The van der Waals surface area contributed by atoms with E-state index in [1.807, 2.05) is 24.3 Å². The zero-order valence-electron chi connectivity index (χ0n) is 12.6. The van der Waals surface area contributed by atoms with Gasteiger partial charge in [0.2, 0.25) is 4.77 Å². The van der Waals surface area contributed by atoms with Crippen molar-refractivity contribution in [3.05, 3.63) is 69.2 Å². The van der Waals surface area contributed by atoms with Gasteiger partial charge in [-0.05, 0) is 36.5 Å². The smallest absolute Gasteiger partial charge is 0.282 e. The molecule has 1 N–H and O–H groups in total. The lowest BCUT2D eigenvalue weighted by Crippen LogP contribution is -2.18. The van der Waals surface area contributed by atoms with Crippen LogP contribution in [0.25, 0.3) is 10.9 Å². The number of aromatic amines is 1. The van der Waals surface area contributed by atoms with Crippen molar-refractivity contribution in [3.63, 3.8) is 0 Å². The number of ether oxygens (including phenoxy) is 1. The van der Waals surface area contributed by atoms with Crippen molar-refractivity contribution >= 4 is 29.3 Å². The second-order valence-electron chi connectivity index (χ2n) is 4.87. The van der Waals surface area contributed by atoms with E-state index in [1.54, 1.807) is 24.3 Å². The first-order valence-electron chi connectivity index (χ1n) is 7.14. The van der Waals surface area contributed by atoms with Gasteiger partial charge < -0.3 is 9.72 Å². The number of benzene rings is 2. The Labute approximate surface area is 143 Å².